The number of phenolic OH excluding ortho intramolecular Hbond substituents is 1. The standard InChI is InChI=1S/C12H17NO3/c14-12-4-2-1-3-10(12)7-13-8-11-9-15-5-6-16-11/h1-4,11,13-14H,5-9H2. The topological polar surface area (TPSA) is 50.7 Å². The number of hydrogen-bond acceptors (Lipinski definition) is 4. The summed E-state index contributed by atoms with van der Waals surface area (Å²) in [6.45, 7) is 3.40. The fourth-order valence-electron chi connectivity index (χ4n) is 1.68. The van der Waals surface area contributed by atoms with E-state index in [-0.39, 0.29) is 6.10 Å². The summed E-state index contributed by atoms with van der Waals surface area (Å²) in [5, 5.41) is 12.8. The molecule has 1 aliphatic heterocycles. The zero-order valence-electron chi connectivity index (χ0n) is 9.19. The normalized spacial score (nSPS) is 20.9. The van der Waals surface area contributed by atoms with Gasteiger partial charge in [-0.05, 0) is 6.07 Å². The highest BCUT2D eigenvalue weighted by Gasteiger charge is 2.13. The Kier molecular flexibility index (Phi) is 4.16. The van der Waals surface area contributed by atoms with E-state index in [1.807, 2.05) is 18.2 Å². The Bertz CT molecular complexity index is 324. The molecule has 1 saturated heterocycles. The molecule has 1 atom stereocenters. The van der Waals surface area contributed by atoms with E-state index in [0.717, 1.165) is 12.1 Å². The molecule has 1 unspecified atom stereocenters. The molecule has 2 N–H and O–H groups in total. The molecule has 2 rings (SSSR count). The van der Waals surface area contributed by atoms with Crippen molar-refractivity contribution < 1.29 is 14.6 Å². The van der Waals surface area contributed by atoms with Crippen molar-refractivity contribution in [2.24, 2.45) is 0 Å². The maximum Gasteiger partial charge on any atom is 0.120 e. The molecule has 0 radical (unpaired) electrons. The third-order valence-electron chi connectivity index (χ3n) is 2.56. The Labute approximate surface area is 95.2 Å². The molecule has 0 bridgehead atoms. The maximum atomic E-state index is 9.55. The fourth-order valence-corrected chi connectivity index (χ4v) is 1.68. The highest BCUT2D eigenvalue weighted by atomic mass is 16.6. The first-order chi connectivity index (χ1) is 7.86. The second-order valence-electron chi connectivity index (χ2n) is 3.83. The number of para-hydroxylation sites is 1. The number of phenols is 1. The van der Waals surface area contributed by atoms with Gasteiger partial charge in [0.2, 0.25) is 0 Å². The van der Waals surface area contributed by atoms with Crippen molar-refractivity contribution >= 4 is 0 Å². The molecular weight excluding hydrogens is 206 g/mol. The number of hydrogen-bond donors (Lipinski definition) is 2. The van der Waals surface area contributed by atoms with Crippen molar-refractivity contribution in [3.8, 4) is 5.75 Å². The van der Waals surface area contributed by atoms with Crippen molar-refractivity contribution in [3.05, 3.63) is 29.8 Å². The lowest BCUT2D eigenvalue weighted by Crippen LogP contribution is -2.37. The number of rotatable bonds is 4. The van der Waals surface area contributed by atoms with Crippen molar-refractivity contribution in [3.63, 3.8) is 0 Å². The summed E-state index contributed by atoms with van der Waals surface area (Å²) in [6, 6.07) is 7.33. The highest BCUT2D eigenvalue weighted by Crippen LogP contribution is 2.14. The predicted molar refractivity (Wildman–Crippen MR) is 60.4 cm³/mol. The first-order valence-electron chi connectivity index (χ1n) is 5.53. The Morgan fingerprint density at radius 3 is 2.94 bits per heavy atom. The maximum absolute atomic E-state index is 9.55. The highest BCUT2D eigenvalue weighted by molar-refractivity contribution is 5.31. The average Bonchev–Trinajstić information content (AvgIpc) is 2.33. The Balaban J connectivity index is 1.73. The number of nitrogens with one attached hydrogen (secondary N) is 1. The summed E-state index contributed by atoms with van der Waals surface area (Å²) in [5.41, 5.74) is 0.902. The van der Waals surface area contributed by atoms with Gasteiger partial charge in [0.05, 0.1) is 25.9 Å². The molecule has 0 saturated carbocycles. The van der Waals surface area contributed by atoms with Crippen LogP contribution in [0.3, 0.4) is 0 Å². The van der Waals surface area contributed by atoms with Gasteiger partial charge in [-0.15, -0.1) is 0 Å². The molecule has 88 valence electrons. The van der Waals surface area contributed by atoms with E-state index >= 15 is 0 Å². The Hall–Kier alpha value is -1.10. The molecule has 1 aliphatic rings. The van der Waals surface area contributed by atoms with Gasteiger partial charge in [-0.3, -0.25) is 0 Å². The molecule has 4 heteroatoms. The minimum absolute atomic E-state index is 0.125. The van der Waals surface area contributed by atoms with Crippen LogP contribution in [0.4, 0.5) is 0 Å². The number of benzene rings is 1. The summed E-state index contributed by atoms with van der Waals surface area (Å²) in [7, 11) is 0. The Morgan fingerprint density at radius 2 is 2.19 bits per heavy atom. The molecule has 0 amide bonds. The van der Waals surface area contributed by atoms with E-state index in [9.17, 15) is 5.11 Å². The number of ether oxygens (including phenoxy) is 2. The third-order valence-corrected chi connectivity index (χ3v) is 2.56. The minimum Gasteiger partial charge on any atom is -0.508 e. The van der Waals surface area contributed by atoms with E-state index < -0.39 is 0 Å². The lowest BCUT2D eigenvalue weighted by atomic mass is 10.2. The van der Waals surface area contributed by atoms with Crippen LogP contribution in [-0.4, -0.2) is 37.6 Å². The van der Waals surface area contributed by atoms with Gasteiger partial charge in [-0.1, -0.05) is 18.2 Å². The summed E-state index contributed by atoms with van der Waals surface area (Å²) in [6.07, 6.45) is 0.125. The Morgan fingerprint density at radius 1 is 1.31 bits per heavy atom. The van der Waals surface area contributed by atoms with Crippen LogP contribution >= 0.6 is 0 Å². The van der Waals surface area contributed by atoms with Crippen LogP contribution in [-0.2, 0) is 16.0 Å². The third kappa shape index (κ3) is 3.20. The molecule has 1 aromatic carbocycles. The summed E-state index contributed by atoms with van der Waals surface area (Å²) in [4.78, 5) is 0. The molecule has 4 nitrogen and oxygen atoms in total. The van der Waals surface area contributed by atoms with Crippen LogP contribution in [0.2, 0.25) is 0 Å². The van der Waals surface area contributed by atoms with Crippen molar-refractivity contribution in [2.75, 3.05) is 26.4 Å². The van der Waals surface area contributed by atoms with Gasteiger partial charge in [-0.25, -0.2) is 0 Å². The molecule has 0 aromatic heterocycles. The predicted octanol–water partition coefficient (Wildman–Crippen LogP) is 0.897. The lowest BCUT2D eigenvalue weighted by Gasteiger charge is -2.23. The van der Waals surface area contributed by atoms with Crippen LogP contribution in [0.25, 0.3) is 0 Å². The fraction of sp³-hybridized carbons (Fsp3) is 0.500. The minimum atomic E-state index is 0.125. The van der Waals surface area contributed by atoms with Crippen LogP contribution < -0.4 is 5.32 Å². The van der Waals surface area contributed by atoms with Crippen LogP contribution in [0, 0.1) is 0 Å². The van der Waals surface area contributed by atoms with Gasteiger partial charge in [0, 0.05) is 18.7 Å². The average molecular weight is 223 g/mol. The van der Waals surface area contributed by atoms with E-state index in [4.69, 9.17) is 9.47 Å². The lowest BCUT2D eigenvalue weighted by molar-refractivity contribution is -0.0864. The van der Waals surface area contributed by atoms with Crippen LogP contribution in [0.15, 0.2) is 24.3 Å². The van der Waals surface area contributed by atoms with E-state index in [1.54, 1.807) is 6.07 Å². The summed E-state index contributed by atoms with van der Waals surface area (Å²) < 4.78 is 10.8. The smallest absolute Gasteiger partial charge is 0.120 e. The largest absolute Gasteiger partial charge is 0.508 e. The van der Waals surface area contributed by atoms with Gasteiger partial charge < -0.3 is 19.9 Å². The van der Waals surface area contributed by atoms with Crippen molar-refractivity contribution in [1.82, 2.24) is 5.32 Å². The van der Waals surface area contributed by atoms with Gasteiger partial charge >= 0.3 is 0 Å². The van der Waals surface area contributed by atoms with Crippen molar-refractivity contribution in [1.29, 1.82) is 0 Å². The quantitative estimate of drug-likeness (QED) is 0.796. The van der Waals surface area contributed by atoms with Gasteiger partial charge in [0.1, 0.15) is 5.75 Å². The van der Waals surface area contributed by atoms with Gasteiger partial charge in [0.15, 0.2) is 0 Å². The van der Waals surface area contributed by atoms with Crippen molar-refractivity contribution in [2.45, 2.75) is 12.6 Å². The summed E-state index contributed by atoms with van der Waals surface area (Å²) in [5.74, 6) is 0.329. The van der Waals surface area contributed by atoms with E-state index in [1.165, 1.54) is 0 Å². The SMILES string of the molecule is Oc1ccccc1CNCC1COCCO1. The molecule has 0 aliphatic carbocycles. The summed E-state index contributed by atoms with van der Waals surface area (Å²) >= 11 is 0. The molecule has 1 aromatic rings. The number of aromatic hydroxyl groups is 1. The zero-order chi connectivity index (χ0) is 11.2. The molecular formula is C12H17NO3. The molecule has 1 heterocycles. The van der Waals surface area contributed by atoms with Crippen LogP contribution in [0.1, 0.15) is 5.56 Å². The first-order valence-corrected chi connectivity index (χ1v) is 5.53. The second-order valence-corrected chi connectivity index (χ2v) is 3.83. The van der Waals surface area contributed by atoms with E-state index in [0.29, 0.717) is 32.1 Å². The molecule has 1 fully saturated rings. The second kappa shape index (κ2) is 5.84. The van der Waals surface area contributed by atoms with Gasteiger partial charge in [-0.2, -0.15) is 0 Å². The zero-order valence-corrected chi connectivity index (χ0v) is 9.19. The van der Waals surface area contributed by atoms with E-state index in [2.05, 4.69) is 5.32 Å². The van der Waals surface area contributed by atoms with Crippen LogP contribution in [0.5, 0.6) is 5.75 Å². The monoisotopic (exact) mass is 223 g/mol. The molecule has 16 heavy (non-hydrogen) atoms. The molecule has 0 spiro atoms. The first kappa shape index (κ1) is 11.4. The van der Waals surface area contributed by atoms with Gasteiger partial charge in [0.25, 0.3) is 0 Å².